The topological polar surface area (TPSA) is 74.8 Å². The van der Waals surface area contributed by atoms with E-state index in [0.29, 0.717) is 25.6 Å². The van der Waals surface area contributed by atoms with Crippen LogP contribution in [-0.4, -0.2) is 44.3 Å². The van der Waals surface area contributed by atoms with Gasteiger partial charge >= 0.3 is 6.09 Å². The summed E-state index contributed by atoms with van der Waals surface area (Å²) in [5.74, 6) is 1.19. The number of carbonyl (C=O) groups excluding carboxylic acids is 1. The molecule has 22 heavy (non-hydrogen) atoms. The summed E-state index contributed by atoms with van der Waals surface area (Å²) < 4.78 is 4.93. The molecule has 0 aromatic carbocycles. The molecular formula is C15H31IN4O2. The number of hydrogen-bond acceptors (Lipinski definition) is 3. The van der Waals surface area contributed by atoms with E-state index in [9.17, 15) is 4.79 Å². The highest BCUT2D eigenvalue weighted by Gasteiger charge is 2.14. The van der Waals surface area contributed by atoms with Gasteiger partial charge in [0.15, 0.2) is 5.96 Å². The van der Waals surface area contributed by atoms with E-state index in [-0.39, 0.29) is 36.1 Å². The predicted octanol–water partition coefficient (Wildman–Crippen LogP) is 2.51. The Bertz CT molecular complexity index is 336. The van der Waals surface area contributed by atoms with Crippen molar-refractivity contribution in [2.45, 2.75) is 40.2 Å². The van der Waals surface area contributed by atoms with Gasteiger partial charge in [0.2, 0.25) is 0 Å². The molecule has 0 aromatic heterocycles. The third-order valence-electron chi connectivity index (χ3n) is 2.58. The van der Waals surface area contributed by atoms with E-state index in [1.54, 1.807) is 13.0 Å². The standard InChI is InChI=1S/C15H30N4O2.HI/c1-6-9-17-14(16-7-2)18-11-13(10-12(4)5)19-15(20)21-8-3;/h6,12-13H,1,7-11H2,2-5H3,(H,19,20)(H2,16,17,18);1H. The molecule has 0 radical (unpaired) electrons. The normalized spacial score (nSPS) is 12.1. The summed E-state index contributed by atoms with van der Waals surface area (Å²) in [5.41, 5.74) is 0. The molecule has 0 heterocycles. The molecule has 0 rings (SSSR count). The van der Waals surface area contributed by atoms with Crippen LogP contribution in [0, 0.1) is 5.92 Å². The smallest absolute Gasteiger partial charge is 0.407 e. The van der Waals surface area contributed by atoms with Crippen molar-refractivity contribution in [3.05, 3.63) is 12.7 Å². The summed E-state index contributed by atoms with van der Waals surface area (Å²) in [6.07, 6.45) is 2.24. The number of carbonyl (C=O) groups is 1. The lowest BCUT2D eigenvalue weighted by atomic mass is 10.0. The van der Waals surface area contributed by atoms with E-state index >= 15 is 0 Å². The first kappa shape index (κ1) is 23.3. The molecule has 0 saturated carbocycles. The molecule has 0 spiro atoms. The van der Waals surface area contributed by atoms with Crippen molar-refractivity contribution in [3.8, 4) is 0 Å². The average molecular weight is 426 g/mol. The Hall–Kier alpha value is -0.990. The quantitative estimate of drug-likeness (QED) is 0.229. The fourth-order valence-electron chi connectivity index (χ4n) is 1.80. The van der Waals surface area contributed by atoms with E-state index in [4.69, 9.17) is 4.74 Å². The Morgan fingerprint density at radius 1 is 1.32 bits per heavy atom. The first-order valence-electron chi connectivity index (χ1n) is 7.59. The Morgan fingerprint density at radius 3 is 2.50 bits per heavy atom. The number of guanidine groups is 1. The maximum atomic E-state index is 11.6. The van der Waals surface area contributed by atoms with Crippen molar-refractivity contribution in [1.82, 2.24) is 16.0 Å². The van der Waals surface area contributed by atoms with Crippen molar-refractivity contribution < 1.29 is 9.53 Å². The monoisotopic (exact) mass is 426 g/mol. The molecule has 0 aliphatic rings. The zero-order valence-corrected chi connectivity index (χ0v) is 16.5. The molecule has 1 amide bonds. The lowest BCUT2D eigenvalue weighted by Gasteiger charge is -2.19. The molecule has 0 bridgehead atoms. The maximum absolute atomic E-state index is 11.6. The summed E-state index contributed by atoms with van der Waals surface area (Å²) in [5, 5.41) is 9.14. The van der Waals surface area contributed by atoms with Gasteiger partial charge in [-0.05, 0) is 26.2 Å². The fourth-order valence-corrected chi connectivity index (χ4v) is 1.80. The second-order valence-corrected chi connectivity index (χ2v) is 5.08. The van der Waals surface area contributed by atoms with Gasteiger partial charge in [-0.3, -0.25) is 4.99 Å². The number of amides is 1. The Balaban J connectivity index is 0. The predicted molar refractivity (Wildman–Crippen MR) is 103 cm³/mol. The zero-order chi connectivity index (χ0) is 16.1. The van der Waals surface area contributed by atoms with E-state index in [0.717, 1.165) is 18.9 Å². The van der Waals surface area contributed by atoms with Crippen molar-refractivity contribution >= 4 is 36.0 Å². The largest absolute Gasteiger partial charge is 0.450 e. The molecule has 3 N–H and O–H groups in total. The number of ether oxygens (including phenoxy) is 1. The van der Waals surface area contributed by atoms with Gasteiger partial charge in [-0.1, -0.05) is 19.9 Å². The van der Waals surface area contributed by atoms with Crippen LogP contribution in [0.25, 0.3) is 0 Å². The van der Waals surface area contributed by atoms with Gasteiger partial charge in [0.05, 0.1) is 19.2 Å². The van der Waals surface area contributed by atoms with E-state index in [1.165, 1.54) is 0 Å². The van der Waals surface area contributed by atoms with Crippen molar-refractivity contribution in [3.63, 3.8) is 0 Å². The van der Waals surface area contributed by atoms with E-state index in [2.05, 4.69) is 41.4 Å². The Kier molecular flexibility index (Phi) is 15.8. The molecule has 0 fully saturated rings. The highest BCUT2D eigenvalue weighted by atomic mass is 127. The fraction of sp³-hybridized carbons (Fsp3) is 0.733. The van der Waals surface area contributed by atoms with Crippen LogP contribution in [0.2, 0.25) is 0 Å². The first-order chi connectivity index (χ1) is 10.0. The summed E-state index contributed by atoms with van der Waals surface area (Å²) in [6.45, 7) is 14.0. The van der Waals surface area contributed by atoms with Gasteiger partial charge in [-0.15, -0.1) is 30.6 Å². The summed E-state index contributed by atoms with van der Waals surface area (Å²) in [4.78, 5) is 16.0. The van der Waals surface area contributed by atoms with Crippen molar-refractivity contribution in [1.29, 1.82) is 0 Å². The van der Waals surface area contributed by atoms with Gasteiger partial charge in [-0.25, -0.2) is 4.79 Å². The number of nitrogens with zero attached hydrogens (tertiary/aromatic N) is 1. The van der Waals surface area contributed by atoms with Crippen molar-refractivity contribution in [2.75, 3.05) is 26.2 Å². The minimum absolute atomic E-state index is 0. The van der Waals surface area contributed by atoms with E-state index < -0.39 is 0 Å². The summed E-state index contributed by atoms with van der Waals surface area (Å²) in [6, 6.07) is -0.0387. The van der Waals surface area contributed by atoms with Crippen LogP contribution in [0.5, 0.6) is 0 Å². The minimum Gasteiger partial charge on any atom is -0.450 e. The van der Waals surface area contributed by atoms with Gasteiger partial charge in [0, 0.05) is 13.1 Å². The molecule has 1 unspecified atom stereocenters. The van der Waals surface area contributed by atoms with Crippen molar-refractivity contribution in [2.24, 2.45) is 10.9 Å². The van der Waals surface area contributed by atoms with E-state index in [1.807, 2.05) is 6.92 Å². The summed E-state index contributed by atoms with van der Waals surface area (Å²) in [7, 11) is 0. The second-order valence-electron chi connectivity index (χ2n) is 5.08. The van der Waals surface area contributed by atoms with Gasteiger partial charge in [0.1, 0.15) is 0 Å². The molecular weight excluding hydrogens is 395 g/mol. The number of nitrogens with one attached hydrogen (secondary N) is 3. The average Bonchev–Trinajstić information content (AvgIpc) is 2.41. The highest BCUT2D eigenvalue weighted by molar-refractivity contribution is 14.0. The van der Waals surface area contributed by atoms with Gasteiger partial charge in [0.25, 0.3) is 0 Å². The molecule has 1 atom stereocenters. The molecule has 0 saturated heterocycles. The molecule has 7 heteroatoms. The lowest BCUT2D eigenvalue weighted by molar-refractivity contribution is 0.147. The van der Waals surface area contributed by atoms with Crippen LogP contribution < -0.4 is 16.0 Å². The van der Waals surface area contributed by atoms with Crippen LogP contribution in [0.1, 0.15) is 34.1 Å². The number of hydrogen-bond donors (Lipinski definition) is 3. The zero-order valence-electron chi connectivity index (χ0n) is 14.1. The molecule has 0 aliphatic heterocycles. The first-order valence-corrected chi connectivity index (χ1v) is 7.59. The number of halogens is 1. The number of rotatable bonds is 9. The van der Waals surface area contributed by atoms with Crippen LogP contribution >= 0.6 is 24.0 Å². The minimum atomic E-state index is -0.387. The van der Waals surface area contributed by atoms with Gasteiger partial charge in [-0.2, -0.15) is 0 Å². The highest BCUT2D eigenvalue weighted by Crippen LogP contribution is 2.05. The van der Waals surface area contributed by atoms with Gasteiger partial charge < -0.3 is 20.7 Å². The second kappa shape index (κ2) is 14.9. The third kappa shape index (κ3) is 12.7. The molecule has 130 valence electrons. The SMILES string of the molecule is C=CCNC(=NCC(CC(C)C)NC(=O)OCC)NCC.I. The number of alkyl carbamates (subject to hydrolysis) is 1. The van der Waals surface area contributed by atoms with Crippen LogP contribution in [0.3, 0.4) is 0 Å². The third-order valence-corrected chi connectivity index (χ3v) is 2.58. The molecule has 0 aliphatic carbocycles. The van der Waals surface area contributed by atoms with Crippen LogP contribution in [-0.2, 0) is 4.74 Å². The maximum Gasteiger partial charge on any atom is 0.407 e. The van der Waals surface area contributed by atoms with Crippen LogP contribution in [0.15, 0.2) is 17.6 Å². The van der Waals surface area contributed by atoms with Crippen LogP contribution in [0.4, 0.5) is 4.79 Å². The summed E-state index contributed by atoms with van der Waals surface area (Å²) >= 11 is 0. The number of aliphatic imine (C=N–C) groups is 1. The Labute approximate surface area is 151 Å². The molecule has 6 nitrogen and oxygen atoms in total. The lowest BCUT2D eigenvalue weighted by Crippen LogP contribution is -2.41. The Morgan fingerprint density at radius 2 is 2.00 bits per heavy atom. The molecule has 0 aromatic rings.